The quantitative estimate of drug-likeness (QED) is 0.858. The van der Waals surface area contributed by atoms with Crippen LogP contribution in [0.25, 0.3) is 0 Å². The molecule has 2 aliphatic rings. The Balaban J connectivity index is 1.58. The average Bonchev–Trinajstić information content (AvgIpc) is 3.00. The van der Waals surface area contributed by atoms with Crippen LogP contribution in [0.2, 0.25) is 0 Å². The van der Waals surface area contributed by atoms with Crippen LogP contribution in [0.4, 0.5) is 5.95 Å². The molecule has 1 saturated heterocycles. The molecule has 0 aromatic carbocycles. The van der Waals surface area contributed by atoms with Gasteiger partial charge in [-0.1, -0.05) is 6.92 Å². The Kier molecular flexibility index (Phi) is 3.99. The molecule has 1 aliphatic heterocycles. The predicted molar refractivity (Wildman–Crippen MR) is 88.6 cm³/mol. The third kappa shape index (κ3) is 2.68. The lowest BCUT2D eigenvalue weighted by atomic mass is 9.91. The summed E-state index contributed by atoms with van der Waals surface area (Å²) in [5.74, 6) is 5.44. The summed E-state index contributed by atoms with van der Waals surface area (Å²) in [5.41, 5.74) is 0. The van der Waals surface area contributed by atoms with Gasteiger partial charge in [0.05, 0.1) is 0 Å². The number of rotatable bonds is 6. The van der Waals surface area contributed by atoms with Crippen LogP contribution in [-0.2, 0) is 24.8 Å². The molecule has 0 unspecified atom stereocenters. The van der Waals surface area contributed by atoms with E-state index in [4.69, 9.17) is 4.74 Å². The maximum Gasteiger partial charge on any atom is 0.226 e. The third-order valence-corrected chi connectivity index (χ3v) is 5.30. The minimum atomic E-state index is 0.348. The maximum absolute atomic E-state index is 5.15. The summed E-state index contributed by atoms with van der Waals surface area (Å²) in [5, 5.41) is 16.2. The van der Waals surface area contributed by atoms with Gasteiger partial charge in [0.15, 0.2) is 11.6 Å². The van der Waals surface area contributed by atoms with Gasteiger partial charge in [-0.15, -0.1) is 10.2 Å². The van der Waals surface area contributed by atoms with Crippen LogP contribution in [-0.4, -0.2) is 50.1 Å². The van der Waals surface area contributed by atoms with Crippen molar-refractivity contribution in [2.75, 3.05) is 25.1 Å². The molecule has 1 N–H and O–H groups in total. The molecule has 0 amide bonds. The standard InChI is InChI=1S/C16H25N7O/c1-4-14-19-21-16(22(14)2)23-7-11(10-5-6-10)12(8-23)15-17-13(9-24-3)18-20-15/h10-12H,4-9H2,1-3H3,(H,17,18,20)/t11-,12+/m1/s1. The zero-order valence-electron chi connectivity index (χ0n) is 14.6. The number of aromatic amines is 1. The Hall–Kier alpha value is -1.96. The van der Waals surface area contributed by atoms with Crippen LogP contribution >= 0.6 is 0 Å². The first-order valence-corrected chi connectivity index (χ1v) is 8.74. The summed E-state index contributed by atoms with van der Waals surface area (Å²) in [6.07, 6.45) is 3.54. The molecule has 2 atom stereocenters. The number of H-pyrrole nitrogens is 1. The highest BCUT2D eigenvalue weighted by atomic mass is 16.5. The number of nitrogens with one attached hydrogen (secondary N) is 1. The number of hydrogen-bond donors (Lipinski definition) is 1. The van der Waals surface area contributed by atoms with E-state index in [0.29, 0.717) is 18.4 Å². The van der Waals surface area contributed by atoms with Crippen molar-refractivity contribution in [3.05, 3.63) is 17.5 Å². The Morgan fingerprint density at radius 1 is 1.25 bits per heavy atom. The fourth-order valence-corrected chi connectivity index (χ4v) is 3.88. The molecule has 2 aromatic rings. The average molecular weight is 331 g/mol. The summed E-state index contributed by atoms with van der Waals surface area (Å²) >= 11 is 0. The Morgan fingerprint density at radius 2 is 2.08 bits per heavy atom. The molecule has 8 heteroatoms. The molecular weight excluding hydrogens is 306 g/mol. The maximum atomic E-state index is 5.15. The summed E-state index contributed by atoms with van der Waals surface area (Å²) in [4.78, 5) is 7.01. The molecule has 24 heavy (non-hydrogen) atoms. The van der Waals surface area contributed by atoms with Crippen LogP contribution in [0.5, 0.6) is 0 Å². The van der Waals surface area contributed by atoms with Crippen LogP contribution in [0.3, 0.4) is 0 Å². The van der Waals surface area contributed by atoms with Crippen molar-refractivity contribution in [3.63, 3.8) is 0 Å². The van der Waals surface area contributed by atoms with Crippen molar-refractivity contribution in [2.45, 2.75) is 38.7 Å². The Labute approximate surface area is 141 Å². The number of methoxy groups -OCH3 is 1. The lowest BCUT2D eigenvalue weighted by Gasteiger charge is -2.16. The van der Waals surface area contributed by atoms with Gasteiger partial charge < -0.3 is 14.2 Å². The number of anilines is 1. The van der Waals surface area contributed by atoms with Crippen LogP contribution in [0.15, 0.2) is 0 Å². The first-order chi connectivity index (χ1) is 11.7. The van der Waals surface area contributed by atoms with Crippen molar-refractivity contribution in [1.29, 1.82) is 0 Å². The van der Waals surface area contributed by atoms with E-state index in [0.717, 1.165) is 48.8 Å². The summed E-state index contributed by atoms with van der Waals surface area (Å²) in [6.45, 7) is 4.50. The molecule has 3 heterocycles. The van der Waals surface area contributed by atoms with E-state index >= 15 is 0 Å². The molecule has 0 bridgehead atoms. The van der Waals surface area contributed by atoms with Gasteiger partial charge in [0.1, 0.15) is 12.4 Å². The van der Waals surface area contributed by atoms with E-state index in [2.05, 4.69) is 48.8 Å². The van der Waals surface area contributed by atoms with Gasteiger partial charge in [0.25, 0.3) is 0 Å². The predicted octanol–water partition coefficient (Wildman–Crippen LogP) is 1.27. The van der Waals surface area contributed by atoms with Crippen LogP contribution in [0, 0.1) is 11.8 Å². The molecule has 0 radical (unpaired) electrons. The minimum Gasteiger partial charge on any atom is -0.377 e. The third-order valence-electron chi connectivity index (χ3n) is 5.30. The highest BCUT2D eigenvalue weighted by molar-refractivity contribution is 5.36. The minimum absolute atomic E-state index is 0.348. The summed E-state index contributed by atoms with van der Waals surface area (Å²) < 4.78 is 7.26. The van der Waals surface area contributed by atoms with Crippen molar-refractivity contribution < 1.29 is 4.74 Å². The largest absolute Gasteiger partial charge is 0.377 e. The first kappa shape index (κ1) is 15.6. The number of hydrogen-bond acceptors (Lipinski definition) is 6. The molecule has 8 nitrogen and oxygen atoms in total. The number of aryl methyl sites for hydroxylation is 1. The first-order valence-electron chi connectivity index (χ1n) is 8.74. The van der Waals surface area contributed by atoms with Gasteiger partial charge in [-0.3, -0.25) is 5.10 Å². The molecular formula is C16H25N7O. The van der Waals surface area contributed by atoms with Gasteiger partial charge in [-0.25, -0.2) is 4.98 Å². The zero-order chi connectivity index (χ0) is 16.7. The second kappa shape index (κ2) is 6.16. The van der Waals surface area contributed by atoms with Crippen molar-refractivity contribution in [3.8, 4) is 0 Å². The highest BCUT2D eigenvalue weighted by Gasteiger charge is 2.45. The molecule has 1 aliphatic carbocycles. The number of aromatic nitrogens is 6. The second-order valence-electron chi connectivity index (χ2n) is 6.91. The van der Waals surface area contributed by atoms with E-state index in [1.807, 2.05) is 0 Å². The van der Waals surface area contributed by atoms with Gasteiger partial charge in [0, 0.05) is 39.6 Å². The summed E-state index contributed by atoms with van der Waals surface area (Å²) in [6, 6.07) is 0. The topological polar surface area (TPSA) is 84.8 Å². The highest BCUT2D eigenvalue weighted by Crippen LogP contribution is 2.47. The molecule has 1 saturated carbocycles. The molecule has 130 valence electrons. The molecule has 2 fully saturated rings. The van der Waals surface area contributed by atoms with Gasteiger partial charge in [-0.05, 0) is 24.7 Å². The van der Waals surface area contributed by atoms with E-state index in [9.17, 15) is 0 Å². The lowest BCUT2D eigenvalue weighted by Crippen LogP contribution is -2.23. The fraction of sp³-hybridized carbons (Fsp3) is 0.750. The smallest absolute Gasteiger partial charge is 0.226 e. The van der Waals surface area contributed by atoms with Gasteiger partial charge in [0.2, 0.25) is 5.95 Å². The van der Waals surface area contributed by atoms with Crippen LogP contribution in [0.1, 0.15) is 43.2 Å². The Bertz CT molecular complexity index is 705. The summed E-state index contributed by atoms with van der Waals surface area (Å²) in [7, 11) is 3.73. The number of ether oxygens (including phenoxy) is 1. The van der Waals surface area contributed by atoms with Crippen molar-refractivity contribution in [2.24, 2.45) is 18.9 Å². The van der Waals surface area contributed by atoms with E-state index in [1.165, 1.54) is 12.8 Å². The van der Waals surface area contributed by atoms with Gasteiger partial charge in [-0.2, -0.15) is 5.10 Å². The van der Waals surface area contributed by atoms with E-state index < -0.39 is 0 Å². The fourth-order valence-electron chi connectivity index (χ4n) is 3.88. The van der Waals surface area contributed by atoms with Crippen molar-refractivity contribution in [1.82, 2.24) is 29.9 Å². The normalized spacial score (nSPS) is 24.0. The van der Waals surface area contributed by atoms with Crippen molar-refractivity contribution >= 4 is 5.95 Å². The van der Waals surface area contributed by atoms with E-state index in [-0.39, 0.29) is 0 Å². The lowest BCUT2D eigenvalue weighted by molar-refractivity contribution is 0.178. The second-order valence-corrected chi connectivity index (χ2v) is 6.91. The Morgan fingerprint density at radius 3 is 2.75 bits per heavy atom. The molecule has 2 aromatic heterocycles. The van der Waals surface area contributed by atoms with Gasteiger partial charge >= 0.3 is 0 Å². The van der Waals surface area contributed by atoms with Crippen LogP contribution < -0.4 is 4.90 Å². The monoisotopic (exact) mass is 331 g/mol. The molecule has 4 rings (SSSR count). The van der Waals surface area contributed by atoms with E-state index in [1.54, 1.807) is 7.11 Å². The molecule has 0 spiro atoms. The number of nitrogens with zero attached hydrogens (tertiary/aromatic N) is 6. The zero-order valence-corrected chi connectivity index (χ0v) is 14.6. The SMILES string of the molecule is CCc1nnc(N2C[C@H](c3n[nH]c(COC)n3)[C@@H](C3CC3)C2)n1C.